The Morgan fingerprint density at radius 1 is 1.24 bits per heavy atom. The number of methoxy groups -OCH3 is 1. The van der Waals surface area contributed by atoms with Crippen LogP contribution in [0.15, 0.2) is 4.42 Å². The summed E-state index contributed by atoms with van der Waals surface area (Å²) in [6.45, 7) is 3.95. The first-order valence-corrected chi connectivity index (χ1v) is 9.54. The molecule has 0 unspecified atom stereocenters. The second-order valence-corrected chi connectivity index (χ2v) is 7.88. The number of carbonyl (C=O) groups excluding carboxylic acids is 1. The number of ether oxygens (including phenoxy) is 1. The maximum atomic E-state index is 12.2. The van der Waals surface area contributed by atoms with Gasteiger partial charge in [0.15, 0.2) is 0 Å². The fourth-order valence-electron chi connectivity index (χ4n) is 4.39. The molecule has 0 N–H and O–H groups in total. The van der Waals surface area contributed by atoms with Crippen molar-refractivity contribution in [3.05, 3.63) is 5.89 Å². The molecule has 1 aliphatic carbocycles. The number of carbonyl (C=O) groups is 1. The highest BCUT2D eigenvalue weighted by Gasteiger charge is 2.42. The SMILES string of the molecule is COCCN1C[C@@]2(CCCN(c3nnc(C4CCC4)o3)C2)CCC1=O. The predicted octanol–water partition coefficient (Wildman–Crippen LogP) is 2.19. The Bertz CT molecular complexity index is 615. The number of piperidine rings is 2. The molecule has 7 nitrogen and oxygen atoms in total. The van der Waals surface area contributed by atoms with Crippen LogP contribution in [0.3, 0.4) is 0 Å². The van der Waals surface area contributed by atoms with Crippen LogP contribution in [0, 0.1) is 5.41 Å². The Kier molecular flexibility index (Phi) is 4.67. The Balaban J connectivity index is 1.44. The highest BCUT2D eigenvalue weighted by Crippen LogP contribution is 2.41. The molecule has 138 valence electrons. The zero-order chi connectivity index (χ0) is 17.3. The number of anilines is 1. The summed E-state index contributed by atoms with van der Waals surface area (Å²) in [5.41, 5.74) is 0.144. The Morgan fingerprint density at radius 2 is 2.12 bits per heavy atom. The number of hydrogen-bond acceptors (Lipinski definition) is 6. The summed E-state index contributed by atoms with van der Waals surface area (Å²) in [5.74, 6) is 1.53. The summed E-state index contributed by atoms with van der Waals surface area (Å²) in [5, 5.41) is 8.59. The van der Waals surface area contributed by atoms with Gasteiger partial charge in [0.05, 0.1) is 6.61 Å². The van der Waals surface area contributed by atoms with E-state index in [1.807, 2.05) is 4.90 Å². The van der Waals surface area contributed by atoms with E-state index in [9.17, 15) is 4.79 Å². The summed E-state index contributed by atoms with van der Waals surface area (Å²) in [7, 11) is 1.68. The quantitative estimate of drug-likeness (QED) is 0.812. The van der Waals surface area contributed by atoms with E-state index < -0.39 is 0 Å². The van der Waals surface area contributed by atoms with E-state index in [0.717, 1.165) is 44.8 Å². The van der Waals surface area contributed by atoms with Crippen molar-refractivity contribution in [1.82, 2.24) is 15.1 Å². The first kappa shape index (κ1) is 16.8. The molecule has 3 fully saturated rings. The van der Waals surface area contributed by atoms with Gasteiger partial charge in [0.2, 0.25) is 11.8 Å². The minimum atomic E-state index is 0.144. The van der Waals surface area contributed by atoms with E-state index in [2.05, 4.69) is 15.1 Å². The van der Waals surface area contributed by atoms with E-state index in [1.165, 1.54) is 19.3 Å². The van der Waals surface area contributed by atoms with Gasteiger partial charge in [0, 0.05) is 51.0 Å². The van der Waals surface area contributed by atoms with Gasteiger partial charge in [-0.15, -0.1) is 5.10 Å². The van der Waals surface area contributed by atoms with Gasteiger partial charge in [-0.3, -0.25) is 4.79 Å². The van der Waals surface area contributed by atoms with E-state index in [1.54, 1.807) is 7.11 Å². The Morgan fingerprint density at radius 3 is 2.88 bits per heavy atom. The Labute approximate surface area is 148 Å². The molecule has 1 saturated carbocycles. The van der Waals surface area contributed by atoms with Gasteiger partial charge in [-0.25, -0.2) is 0 Å². The van der Waals surface area contributed by atoms with Gasteiger partial charge < -0.3 is 19.0 Å². The van der Waals surface area contributed by atoms with Crippen molar-refractivity contribution in [2.24, 2.45) is 5.41 Å². The number of rotatable bonds is 5. The molecule has 25 heavy (non-hydrogen) atoms. The van der Waals surface area contributed by atoms with Crippen LogP contribution in [0.25, 0.3) is 0 Å². The second kappa shape index (κ2) is 6.94. The number of amides is 1. The second-order valence-electron chi connectivity index (χ2n) is 7.88. The van der Waals surface area contributed by atoms with Gasteiger partial charge >= 0.3 is 6.01 Å². The molecule has 0 bridgehead atoms. The van der Waals surface area contributed by atoms with Crippen LogP contribution < -0.4 is 4.90 Å². The number of nitrogens with zero attached hydrogens (tertiary/aromatic N) is 4. The van der Waals surface area contributed by atoms with Gasteiger partial charge in [0.25, 0.3) is 0 Å². The molecule has 4 rings (SSSR count). The van der Waals surface area contributed by atoms with E-state index in [4.69, 9.17) is 9.15 Å². The van der Waals surface area contributed by atoms with Crippen LogP contribution in [-0.4, -0.2) is 60.9 Å². The lowest BCUT2D eigenvalue weighted by molar-refractivity contribution is -0.138. The van der Waals surface area contributed by atoms with Gasteiger partial charge in [-0.2, -0.15) is 0 Å². The minimum absolute atomic E-state index is 0.144. The van der Waals surface area contributed by atoms with Crippen LogP contribution in [-0.2, 0) is 9.53 Å². The first-order valence-electron chi connectivity index (χ1n) is 9.54. The van der Waals surface area contributed by atoms with Crippen molar-refractivity contribution in [1.29, 1.82) is 0 Å². The molecule has 1 amide bonds. The van der Waals surface area contributed by atoms with Gasteiger partial charge in [-0.1, -0.05) is 11.5 Å². The first-order chi connectivity index (χ1) is 12.2. The lowest BCUT2D eigenvalue weighted by Crippen LogP contribution is -2.54. The number of hydrogen-bond donors (Lipinski definition) is 0. The normalized spacial score (nSPS) is 27.8. The summed E-state index contributed by atoms with van der Waals surface area (Å²) in [4.78, 5) is 16.4. The van der Waals surface area contributed by atoms with Crippen molar-refractivity contribution >= 4 is 11.9 Å². The zero-order valence-electron chi connectivity index (χ0n) is 15.1. The minimum Gasteiger partial charge on any atom is -0.408 e. The highest BCUT2D eigenvalue weighted by atomic mass is 16.5. The molecule has 1 aromatic heterocycles. The molecule has 7 heteroatoms. The fraction of sp³-hybridized carbons (Fsp3) is 0.833. The zero-order valence-corrected chi connectivity index (χ0v) is 15.1. The maximum absolute atomic E-state index is 12.2. The molecule has 3 aliphatic rings. The molecule has 1 spiro atoms. The van der Waals surface area contributed by atoms with Crippen LogP contribution >= 0.6 is 0 Å². The van der Waals surface area contributed by atoms with Crippen molar-refractivity contribution in [2.45, 2.75) is 50.9 Å². The fourth-order valence-corrected chi connectivity index (χ4v) is 4.39. The molecule has 1 atom stereocenters. The Hall–Kier alpha value is -1.63. The molecule has 2 saturated heterocycles. The van der Waals surface area contributed by atoms with Crippen LogP contribution in [0.1, 0.15) is 56.8 Å². The van der Waals surface area contributed by atoms with Crippen LogP contribution in [0.4, 0.5) is 6.01 Å². The smallest absolute Gasteiger partial charge is 0.318 e. The topological polar surface area (TPSA) is 71.7 Å². The highest BCUT2D eigenvalue weighted by molar-refractivity contribution is 5.77. The van der Waals surface area contributed by atoms with Gasteiger partial charge in [0.1, 0.15) is 0 Å². The van der Waals surface area contributed by atoms with Crippen LogP contribution in [0.5, 0.6) is 0 Å². The summed E-state index contributed by atoms with van der Waals surface area (Å²) in [6.07, 6.45) is 7.45. The molecule has 1 aromatic rings. The van der Waals surface area contributed by atoms with Crippen LogP contribution in [0.2, 0.25) is 0 Å². The monoisotopic (exact) mass is 348 g/mol. The standard InChI is InChI=1S/C18H28N4O3/c1-24-11-10-21-12-18(8-6-15(21)23)7-3-9-22(13-18)17-20-19-16(25-17)14-4-2-5-14/h14H,2-13H2,1H3/t18-/m1/s1. The number of likely N-dealkylation sites (tertiary alicyclic amines) is 1. The molecule has 3 heterocycles. The van der Waals surface area contributed by atoms with Gasteiger partial charge in [-0.05, 0) is 32.1 Å². The largest absolute Gasteiger partial charge is 0.408 e. The van der Waals surface area contributed by atoms with Crippen molar-refractivity contribution in [3.8, 4) is 0 Å². The maximum Gasteiger partial charge on any atom is 0.318 e. The third kappa shape index (κ3) is 3.38. The third-order valence-corrected chi connectivity index (χ3v) is 6.13. The summed E-state index contributed by atoms with van der Waals surface area (Å²) < 4.78 is 11.1. The van der Waals surface area contributed by atoms with Crippen molar-refractivity contribution in [3.63, 3.8) is 0 Å². The molecular formula is C18H28N4O3. The summed E-state index contributed by atoms with van der Waals surface area (Å²) >= 11 is 0. The summed E-state index contributed by atoms with van der Waals surface area (Å²) in [6, 6.07) is 0.668. The van der Waals surface area contributed by atoms with Crippen molar-refractivity contribution in [2.75, 3.05) is 44.8 Å². The molecular weight excluding hydrogens is 320 g/mol. The average molecular weight is 348 g/mol. The van der Waals surface area contributed by atoms with E-state index in [-0.39, 0.29) is 11.3 Å². The van der Waals surface area contributed by atoms with E-state index in [0.29, 0.717) is 31.5 Å². The lowest BCUT2D eigenvalue weighted by atomic mass is 9.73. The molecule has 0 radical (unpaired) electrons. The third-order valence-electron chi connectivity index (χ3n) is 6.13. The predicted molar refractivity (Wildman–Crippen MR) is 92.5 cm³/mol. The van der Waals surface area contributed by atoms with Crippen molar-refractivity contribution < 1.29 is 13.9 Å². The van der Waals surface area contributed by atoms with E-state index >= 15 is 0 Å². The lowest BCUT2D eigenvalue weighted by Gasteiger charge is -2.47. The molecule has 2 aliphatic heterocycles. The molecule has 0 aromatic carbocycles. The average Bonchev–Trinajstić information content (AvgIpc) is 3.04. The number of aromatic nitrogens is 2.